The van der Waals surface area contributed by atoms with Crippen molar-refractivity contribution in [3.63, 3.8) is 0 Å². The molecule has 0 saturated carbocycles. The van der Waals surface area contributed by atoms with Crippen LogP contribution in [0.15, 0.2) is 30.3 Å². The summed E-state index contributed by atoms with van der Waals surface area (Å²) in [6, 6.07) is 9.66. The first kappa shape index (κ1) is 17.9. The maximum absolute atomic E-state index is 12.6. The van der Waals surface area contributed by atoms with Crippen LogP contribution in [0, 0.1) is 5.92 Å². The molecular formula is C16H25N3O3S. The molecule has 6 nitrogen and oxygen atoms in total. The minimum Gasteiger partial charge on any atom is -0.315 e. The van der Waals surface area contributed by atoms with Crippen molar-refractivity contribution >= 4 is 21.6 Å². The summed E-state index contributed by atoms with van der Waals surface area (Å²) in [4.78, 5) is 16.5. The Bertz CT molecular complexity index is 611. The first-order valence-electron chi connectivity index (χ1n) is 7.86. The smallest absolute Gasteiger partial charge is 0.229 e. The molecule has 0 aromatic heterocycles. The fraction of sp³-hybridized carbons (Fsp3) is 0.562. The Morgan fingerprint density at radius 1 is 1.26 bits per heavy atom. The van der Waals surface area contributed by atoms with Crippen LogP contribution in [0.4, 0.5) is 5.69 Å². The second-order valence-electron chi connectivity index (χ2n) is 6.02. The molecule has 23 heavy (non-hydrogen) atoms. The van der Waals surface area contributed by atoms with Gasteiger partial charge in [0.1, 0.15) is 0 Å². The quantitative estimate of drug-likeness (QED) is 0.836. The van der Waals surface area contributed by atoms with Gasteiger partial charge in [-0.2, -0.15) is 0 Å². The molecule has 0 bridgehead atoms. The molecule has 1 aromatic rings. The highest BCUT2D eigenvalue weighted by Crippen LogP contribution is 2.22. The van der Waals surface area contributed by atoms with E-state index in [4.69, 9.17) is 0 Å². The van der Waals surface area contributed by atoms with E-state index < -0.39 is 10.0 Å². The van der Waals surface area contributed by atoms with Crippen molar-refractivity contribution in [1.82, 2.24) is 9.62 Å². The summed E-state index contributed by atoms with van der Waals surface area (Å²) in [7, 11) is -1.31. The van der Waals surface area contributed by atoms with Crippen LogP contribution in [-0.4, -0.2) is 58.7 Å². The number of carbonyl (C=O) groups excluding carboxylic acids is 1. The van der Waals surface area contributed by atoms with Crippen LogP contribution >= 0.6 is 0 Å². The minimum absolute atomic E-state index is 0.0410. The van der Waals surface area contributed by atoms with Crippen LogP contribution in [0.2, 0.25) is 0 Å². The highest BCUT2D eigenvalue weighted by Gasteiger charge is 2.27. The molecule has 1 saturated heterocycles. The van der Waals surface area contributed by atoms with Gasteiger partial charge in [0, 0.05) is 31.7 Å². The lowest BCUT2D eigenvalue weighted by atomic mass is 9.95. The molecule has 0 aliphatic carbocycles. The van der Waals surface area contributed by atoms with Gasteiger partial charge < -0.3 is 9.80 Å². The largest absolute Gasteiger partial charge is 0.315 e. The molecule has 1 aliphatic rings. The van der Waals surface area contributed by atoms with Crippen LogP contribution in [0.1, 0.15) is 12.8 Å². The molecular weight excluding hydrogens is 314 g/mol. The Balaban J connectivity index is 1.79. The molecule has 1 heterocycles. The SMILES string of the molecule is CN(C(=O)C1CCN(CCNS(C)(=O)=O)CC1)c1ccccc1. The lowest BCUT2D eigenvalue weighted by Gasteiger charge is -2.33. The number of hydrogen-bond acceptors (Lipinski definition) is 4. The third-order valence-electron chi connectivity index (χ3n) is 4.20. The first-order chi connectivity index (χ1) is 10.9. The van der Waals surface area contributed by atoms with Crippen molar-refractivity contribution in [2.24, 2.45) is 5.92 Å². The lowest BCUT2D eigenvalue weighted by molar-refractivity contribution is -0.123. The maximum atomic E-state index is 12.6. The third-order valence-corrected chi connectivity index (χ3v) is 4.93. The zero-order chi connectivity index (χ0) is 16.9. The zero-order valence-corrected chi connectivity index (χ0v) is 14.6. The Kier molecular flexibility index (Phi) is 6.15. The number of para-hydroxylation sites is 1. The van der Waals surface area contributed by atoms with Crippen molar-refractivity contribution in [2.75, 3.05) is 44.4 Å². The van der Waals surface area contributed by atoms with Crippen LogP contribution < -0.4 is 9.62 Å². The lowest BCUT2D eigenvalue weighted by Crippen LogP contribution is -2.43. The monoisotopic (exact) mass is 339 g/mol. The van der Waals surface area contributed by atoms with E-state index in [1.165, 1.54) is 0 Å². The number of carbonyl (C=O) groups is 1. The number of piperidine rings is 1. The van der Waals surface area contributed by atoms with E-state index in [2.05, 4.69) is 9.62 Å². The Morgan fingerprint density at radius 3 is 2.43 bits per heavy atom. The number of nitrogens with zero attached hydrogens (tertiary/aromatic N) is 2. The van der Waals surface area contributed by atoms with Gasteiger partial charge in [-0.15, -0.1) is 0 Å². The van der Waals surface area contributed by atoms with Gasteiger partial charge in [0.25, 0.3) is 0 Å². The summed E-state index contributed by atoms with van der Waals surface area (Å²) in [5.41, 5.74) is 0.914. The third kappa shape index (κ3) is 5.60. The van der Waals surface area contributed by atoms with Crippen molar-refractivity contribution in [3.05, 3.63) is 30.3 Å². The summed E-state index contributed by atoms with van der Waals surface area (Å²) < 4.78 is 24.6. The first-order valence-corrected chi connectivity index (χ1v) is 9.75. The highest BCUT2D eigenvalue weighted by molar-refractivity contribution is 7.88. The average Bonchev–Trinajstić information content (AvgIpc) is 2.54. The van der Waals surface area contributed by atoms with Gasteiger partial charge >= 0.3 is 0 Å². The number of sulfonamides is 1. The van der Waals surface area contributed by atoms with Crippen molar-refractivity contribution < 1.29 is 13.2 Å². The topological polar surface area (TPSA) is 69.7 Å². The summed E-state index contributed by atoms with van der Waals surface area (Å²) in [5.74, 6) is 0.199. The second kappa shape index (κ2) is 7.90. The van der Waals surface area contributed by atoms with Crippen molar-refractivity contribution in [1.29, 1.82) is 0 Å². The van der Waals surface area contributed by atoms with Gasteiger partial charge in [-0.25, -0.2) is 13.1 Å². The molecule has 1 N–H and O–H groups in total. The summed E-state index contributed by atoms with van der Waals surface area (Å²) >= 11 is 0. The number of benzene rings is 1. The molecule has 128 valence electrons. The Hall–Kier alpha value is -1.44. The van der Waals surface area contributed by atoms with Gasteiger partial charge in [0.2, 0.25) is 15.9 Å². The van der Waals surface area contributed by atoms with Gasteiger partial charge in [-0.05, 0) is 38.1 Å². The molecule has 1 amide bonds. The average molecular weight is 339 g/mol. The van der Waals surface area contributed by atoms with E-state index in [9.17, 15) is 13.2 Å². The zero-order valence-electron chi connectivity index (χ0n) is 13.7. The van der Waals surface area contributed by atoms with E-state index in [0.29, 0.717) is 13.1 Å². The number of rotatable bonds is 6. The second-order valence-corrected chi connectivity index (χ2v) is 7.85. The van der Waals surface area contributed by atoms with Gasteiger partial charge in [-0.3, -0.25) is 4.79 Å². The fourth-order valence-corrected chi connectivity index (χ4v) is 3.31. The molecule has 0 unspecified atom stereocenters. The standard InChI is InChI=1S/C16H25N3O3S/c1-18(15-6-4-3-5-7-15)16(20)14-8-11-19(12-9-14)13-10-17-23(2,21)22/h3-7,14,17H,8-13H2,1-2H3. The summed E-state index contributed by atoms with van der Waals surface area (Å²) in [5, 5.41) is 0. The van der Waals surface area contributed by atoms with Gasteiger partial charge in [0.15, 0.2) is 0 Å². The van der Waals surface area contributed by atoms with Crippen LogP contribution in [-0.2, 0) is 14.8 Å². The van der Waals surface area contributed by atoms with E-state index in [1.54, 1.807) is 4.90 Å². The van der Waals surface area contributed by atoms with Crippen LogP contribution in [0.3, 0.4) is 0 Å². The predicted octanol–water partition coefficient (Wildman–Crippen LogP) is 0.911. The van der Waals surface area contributed by atoms with Crippen LogP contribution in [0.25, 0.3) is 0 Å². The Labute approximate surface area is 138 Å². The molecule has 7 heteroatoms. The highest BCUT2D eigenvalue weighted by atomic mass is 32.2. The summed E-state index contributed by atoms with van der Waals surface area (Å²) in [6.07, 6.45) is 2.79. The van der Waals surface area contributed by atoms with Crippen molar-refractivity contribution in [3.8, 4) is 0 Å². The predicted molar refractivity (Wildman–Crippen MR) is 91.9 cm³/mol. The van der Waals surface area contributed by atoms with Gasteiger partial charge in [0.05, 0.1) is 6.26 Å². The number of amides is 1. The Morgan fingerprint density at radius 2 is 1.87 bits per heavy atom. The van der Waals surface area contributed by atoms with Crippen LogP contribution in [0.5, 0.6) is 0 Å². The number of hydrogen-bond donors (Lipinski definition) is 1. The molecule has 1 aliphatic heterocycles. The molecule has 1 aromatic carbocycles. The number of likely N-dealkylation sites (tertiary alicyclic amines) is 1. The summed E-state index contributed by atoms with van der Waals surface area (Å²) in [6.45, 7) is 2.75. The maximum Gasteiger partial charge on any atom is 0.229 e. The minimum atomic E-state index is -3.13. The fourth-order valence-electron chi connectivity index (χ4n) is 2.85. The molecule has 1 fully saturated rings. The normalized spacial score (nSPS) is 17.1. The molecule has 0 spiro atoms. The van der Waals surface area contributed by atoms with E-state index in [1.807, 2.05) is 37.4 Å². The number of anilines is 1. The van der Waals surface area contributed by atoms with E-state index >= 15 is 0 Å². The van der Waals surface area contributed by atoms with E-state index in [-0.39, 0.29) is 11.8 Å². The van der Waals surface area contributed by atoms with Crippen molar-refractivity contribution in [2.45, 2.75) is 12.8 Å². The van der Waals surface area contributed by atoms with E-state index in [0.717, 1.165) is 37.9 Å². The molecule has 0 atom stereocenters. The van der Waals surface area contributed by atoms with Gasteiger partial charge in [-0.1, -0.05) is 18.2 Å². The molecule has 0 radical (unpaired) electrons. The molecule has 2 rings (SSSR count). The number of nitrogens with one attached hydrogen (secondary N) is 1.